The maximum absolute atomic E-state index is 13.0. The van der Waals surface area contributed by atoms with Crippen LogP contribution in [0.5, 0.6) is 0 Å². The van der Waals surface area contributed by atoms with Gasteiger partial charge in [-0.1, -0.05) is 41.9 Å². The van der Waals surface area contributed by atoms with Crippen molar-refractivity contribution in [1.82, 2.24) is 10.2 Å². The zero-order chi connectivity index (χ0) is 23.7. The van der Waals surface area contributed by atoms with Crippen molar-refractivity contribution < 1.29 is 13.2 Å². The van der Waals surface area contributed by atoms with Gasteiger partial charge in [0, 0.05) is 23.7 Å². The summed E-state index contributed by atoms with van der Waals surface area (Å²) in [4.78, 5) is 2.13. The highest BCUT2D eigenvalue weighted by molar-refractivity contribution is 7.80. The van der Waals surface area contributed by atoms with E-state index in [0.717, 1.165) is 30.5 Å². The lowest BCUT2D eigenvalue weighted by molar-refractivity contribution is -0.137. The average molecular weight is 484 g/mol. The Morgan fingerprint density at radius 1 is 1.09 bits per heavy atom. The van der Waals surface area contributed by atoms with E-state index in [1.807, 2.05) is 30.3 Å². The van der Waals surface area contributed by atoms with E-state index in [9.17, 15) is 13.2 Å². The van der Waals surface area contributed by atoms with Crippen LogP contribution in [0.25, 0.3) is 0 Å². The Balaban J connectivity index is 1.89. The number of halogens is 4. The summed E-state index contributed by atoms with van der Waals surface area (Å²) >= 11 is 11.9. The van der Waals surface area contributed by atoms with E-state index in [2.05, 4.69) is 43.2 Å². The number of piperidine rings is 1. The van der Waals surface area contributed by atoms with E-state index >= 15 is 0 Å². The summed E-state index contributed by atoms with van der Waals surface area (Å²) < 4.78 is 39.0. The molecule has 3 nitrogen and oxygen atoms in total. The highest BCUT2D eigenvalue weighted by atomic mass is 35.5. The summed E-state index contributed by atoms with van der Waals surface area (Å²) in [6.45, 7) is 9.27. The largest absolute Gasteiger partial charge is 0.416 e. The minimum Gasteiger partial charge on any atom is -0.342 e. The standard InChI is InChI=1S/C24H29ClF3N3S/c1-22(2)13-18(14-23(3,4)30-22)31(15-16-8-6-5-7-9-16)21(32)29-20-11-10-17(12-19(20)25)24(26,27)28/h5-12,18,30H,13-15H2,1-4H3,(H,29,32). The third kappa shape index (κ3) is 6.36. The number of benzene rings is 2. The summed E-state index contributed by atoms with van der Waals surface area (Å²) in [6.07, 6.45) is -2.72. The number of alkyl halides is 3. The Morgan fingerprint density at radius 3 is 2.22 bits per heavy atom. The van der Waals surface area contributed by atoms with Crippen molar-refractivity contribution in [3.05, 3.63) is 64.7 Å². The Labute approximate surface area is 198 Å². The van der Waals surface area contributed by atoms with Crippen LogP contribution in [0.4, 0.5) is 18.9 Å². The van der Waals surface area contributed by atoms with E-state index in [1.165, 1.54) is 6.07 Å². The molecule has 0 saturated carbocycles. The first kappa shape index (κ1) is 24.8. The van der Waals surface area contributed by atoms with E-state index in [4.69, 9.17) is 23.8 Å². The predicted molar refractivity (Wildman–Crippen MR) is 129 cm³/mol. The molecule has 2 aromatic carbocycles. The fourth-order valence-electron chi connectivity index (χ4n) is 4.62. The normalized spacial score (nSPS) is 18.2. The number of hydrogen-bond acceptors (Lipinski definition) is 2. The summed E-state index contributed by atoms with van der Waals surface area (Å²) in [7, 11) is 0. The molecule has 0 atom stereocenters. The smallest absolute Gasteiger partial charge is 0.342 e. The van der Waals surface area contributed by atoms with Gasteiger partial charge in [0.15, 0.2) is 5.11 Å². The molecule has 0 aliphatic carbocycles. The van der Waals surface area contributed by atoms with Crippen molar-refractivity contribution in [1.29, 1.82) is 0 Å². The first-order valence-electron chi connectivity index (χ1n) is 10.5. The Kier molecular flexibility index (Phi) is 7.13. The van der Waals surface area contributed by atoms with E-state index in [0.29, 0.717) is 17.3 Å². The van der Waals surface area contributed by atoms with Crippen molar-refractivity contribution >= 4 is 34.6 Å². The van der Waals surface area contributed by atoms with Crippen LogP contribution >= 0.6 is 23.8 Å². The van der Waals surface area contributed by atoms with Gasteiger partial charge in [0.1, 0.15) is 0 Å². The van der Waals surface area contributed by atoms with Gasteiger partial charge in [-0.25, -0.2) is 0 Å². The minimum atomic E-state index is -4.45. The van der Waals surface area contributed by atoms with E-state index in [1.54, 1.807) is 0 Å². The second kappa shape index (κ2) is 9.20. The van der Waals surface area contributed by atoms with Crippen LogP contribution in [0.15, 0.2) is 48.5 Å². The van der Waals surface area contributed by atoms with Crippen molar-refractivity contribution in [2.75, 3.05) is 5.32 Å². The summed E-state index contributed by atoms with van der Waals surface area (Å²) in [5.74, 6) is 0. The molecule has 0 bridgehead atoms. The zero-order valence-corrected chi connectivity index (χ0v) is 20.3. The second-order valence-corrected chi connectivity index (χ2v) is 10.5. The monoisotopic (exact) mass is 483 g/mol. The molecule has 0 radical (unpaired) electrons. The van der Waals surface area contributed by atoms with Gasteiger partial charge in [-0.05, 0) is 76.5 Å². The first-order valence-corrected chi connectivity index (χ1v) is 11.3. The Morgan fingerprint density at radius 2 is 1.69 bits per heavy atom. The van der Waals surface area contributed by atoms with Gasteiger partial charge in [-0.3, -0.25) is 0 Å². The molecule has 0 amide bonds. The van der Waals surface area contributed by atoms with Gasteiger partial charge in [-0.15, -0.1) is 0 Å². The molecule has 2 aromatic rings. The fourth-order valence-corrected chi connectivity index (χ4v) is 5.17. The highest BCUT2D eigenvalue weighted by Crippen LogP contribution is 2.35. The maximum Gasteiger partial charge on any atom is 0.416 e. The van der Waals surface area contributed by atoms with Crippen LogP contribution in [0.2, 0.25) is 5.02 Å². The van der Waals surface area contributed by atoms with Crippen molar-refractivity contribution in [2.24, 2.45) is 0 Å². The molecule has 1 saturated heterocycles. The Bertz CT molecular complexity index is 945. The summed E-state index contributed by atoms with van der Waals surface area (Å²) in [5.41, 5.74) is 0.479. The van der Waals surface area contributed by atoms with Gasteiger partial charge in [0.25, 0.3) is 0 Å². The van der Waals surface area contributed by atoms with Gasteiger partial charge in [-0.2, -0.15) is 13.2 Å². The van der Waals surface area contributed by atoms with E-state index < -0.39 is 11.7 Å². The maximum atomic E-state index is 13.0. The quantitative estimate of drug-likeness (QED) is 0.464. The van der Waals surface area contributed by atoms with Crippen LogP contribution in [0.1, 0.15) is 51.7 Å². The molecular formula is C24H29ClF3N3S. The summed E-state index contributed by atoms with van der Waals surface area (Å²) in [6, 6.07) is 13.4. The first-order chi connectivity index (χ1) is 14.8. The second-order valence-electron chi connectivity index (χ2n) is 9.69. The number of nitrogens with one attached hydrogen (secondary N) is 2. The van der Waals surface area contributed by atoms with Gasteiger partial charge in [0.2, 0.25) is 0 Å². The average Bonchev–Trinajstić information content (AvgIpc) is 2.65. The number of anilines is 1. The molecule has 0 unspecified atom stereocenters. The third-order valence-corrected chi connectivity index (χ3v) is 6.25. The van der Waals surface area contributed by atoms with Gasteiger partial charge in [0.05, 0.1) is 16.3 Å². The number of thiocarbonyl (C=S) groups is 1. The summed E-state index contributed by atoms with van der Waals surface area (Å²) in [5, 5.41) is 7.20. The SMILES string of the molecule is CC1(C)CC(N(Cc2ccccc2)C(=S)Nc2ccc(C(F)(F)F)cc2Cl)CC(C)(C)N1. The van der Waals surface area contributed by atoms with Crippen LogP contribution in [-0.4, -0.2) is 27.1 Å². The molecule has 174 valence electrons. The molecule has 0 spiro atoms. The van der Waals surface area contributed by atoms with Crippen LogP contribution in [0.3, 0.4) is 0 Å². The van der Waals surface area contributed by atoms with E-state index in [-0.39, 0.29) is 22.1 Å². The van der Waals surface area contributed by atoms with Gasteiger partial charge < -0.3 is 15.5 Å². The molecule has 1 aliphatic heterocycles. The molecule has 1 fully saturated rings. The highest BCUT2D eigenvalue weighted by Gasteiger charge is 2.40. The van der Waals surface area contributed by atoms with Crippen molar-refractivity contribution in [2.45, 2.75) is 70.4 Å². The van der Waals surface area contributed by atoms with Crippen LogP contribution < -0.4 is 10.6 Å². The molecular weight excluding hydrogens is 455 g/mol. The fraction of sp³-hybridized carbons (Fsp3) is 0.458. The molecule has 3 rings (SSSR count). The molecule has 1 heterocycles. The number of hydrogen-bond donors (Lipinski definition) is 2. The number of rotatable bonds is 4. The molecule has 2 N–H and O–H groups in total. The van der Waals surface area contributed by atoms with Crippen molar-refractivity contribution in [3.63, 3.8) is 0 Å². The molecule has 8 heteroatoms. The minimum absolute atomic E-state index is 0.0205. The van der Waals surface area contributed by atoms with Crippen LogP contribution in [0, 0.1) is 0 Å². The lowest BCUT2D eigenvalue weighted by atomic mass is 9.79. The Hall–Kier alpha value is -1.83. The predicted octanol–water partition coefficient (Wildman–Crippen LogP) is 6.87. The lowest BCUT2D eigenvalue weighted by Gasteiger charge is -2.50. The molecule has 32 heavy (non-hydrogen) atoms. The van der Waals surface area contributed by atoms with Crippen LogP contribution in [-0.2, 0) is 12.7 Å². The topological polar surface area (TPSA) is 27.3 Å². The third-order valence-electron chi connectivity index (χ3n) is 5.60. The molecule has 1 aliphatic rings. The lowest BCUT2D eigenvalue weighted by Crippen LogP contribution is -2.63. The number of nitrogens with zero attached hydrogens (tertiary/aromatic N) is 1. The van der Waals surface area contributed by atoms with Gasteiger partial charge >= 0.3 is 6.18 Å². The van der Waals surface area contributed by atoms with Crippen molar-refractivity contribution in [3.8, 4) is 0 Å². The zero-order valence-electron chi connectivity index (χ0n) is 18.7. The molecule has 0 aromatic heterocycles.